The normalized spacial score (nSPS) is 18.4. The predicted octanol–water partition coefficient (Wildman–Crippen LogP) is 1.96. The first-order valence-electron chi connectivity index (χ1n) is 9.09. The molecule has 0 unspecified atom stereocenters. The summed E-state index contributed by atoms with van der Waals surface area (Å²) in [7, 11) is -4.00. The van der Waals surface area contributed by atoms with Crippen LogP contribution in [0.1, 0.15) is 11.1 Å². The maximum Gasteiger partial charge on any atom is 0.286 e. The van der Waals surface area contributed by atoms with E-state index < -0.39 is 20.8 Å². The molecule has 28 heavy (non-hydrogen) atoms. The van der Waals surface area contributed by atoms with Gasteiger partial charge < -0.3 is 9.64 Å². The number of hydrazone groups is 1. The molecule has 2 heterocycles. The molecule has 0 atom stereocenters. The Hall–Kier alpha value is -2.71. The molecule has 0 saturated carbocycles. The number of amides is 1. The van der Waals surface area contributed by atoms with Gasteiger partial charge in [0.25, 0.3) is 5.91 Å². The summed E-state index contributed by atoms with van der Waals surface area (Å²) in [6, 6.07) is 14.7. The van der Waals surface area contributed by atoms with Crippen LogP contribution in [0.15, 0.2) is 58.5 Å². The van der Waals surface area contributed by atoms with Gasteiger partial charge in [0, 0.05) is 13.1 Å². The quantitative estimate of drug-likeness (QED) is 0.788. The summed E-state index contributed by atoms with van der Waals surface area (Å²) in [5, 5.41) is 5.49. The zero-order chi connectivity index (χ0) is 19.7. The molecule has 0 aromatic heterocycles. The number of carbonyl (C=O) groups excluding carboxylic acids is 1. The van der Waals surface area contributed by atoms with Crippen LogP contribution in [0.5, 0.6) is 0 Å². The highest BCUT2D eigenvalue weighted by Crippen LogP contribution is 2.34. The fourth-order valence-electron chi connectivity index (χ4n) is 3.31. The molecule has 7 nitrogen and oxygen atoms in total. The lowest BCUT2D eigenvalue weighted by Gasteiger charge is -2.31. The van der Waals surface area contributed by atoms with E-state index in [1.807, 2.05) is 37.3 Å². The SMILES string of the molecule is Cc1ccc2c(c1)N(Cc1ccccc1)N=C(C(=O)N1CCOCC1)S2(=O)=O. The average Bonchev–Trinajstić information content (AvgIpc) is 2.71. The third-order valence-corrected chi connectivity index (χ3v) is 6.49. The molecular weight excluding hydrogens is 378 g/mol. The van der Waals surface area contributed by atoms with E-state index in [0.717, 1.165) is 11.1 Å². The van der Waals surface area contributed by atoms with Crippen LogP contribution in [0.25, 0.3) is 0 Å². The monoisotopic (exact) mass is 399 g/mol. The molecule has 1 saturated heterocycles. The molecule has 2 aromatic rings. The Balaban J connectivity index is 1.78. The summed E-state index contributed by atoms with van der Waals surface area (Å²) in [5.74, 6) is -0.576. The molecule has 2 aliphatic heterocycles. The highest BCUT2D eigenvalue weighted by atomic mass is 32.2. The Morgan fingerprint density at radius 1 is 1.11 bits per heavy atom. The van der Waals surface area contributed by atoms with Crippen molar-refractivity contribution in [3.8, 4) is 0 Å². The highest BCUT2D eigenvalue weighted by molar-refractivity contribution is 8.08. The summed E-state index contributed by atoms with van der Waals surface area (Å²) in [6.07, 6.45) is 0. The van der Waals surface area contributed by atoms with Gasteiger partial charge in [-0.3, -0.25) is 9.80 Å². The van der Waals surface area contributed by atoms with E-state index in [0.29, 0.717) is 38.5 Å². The maximum atomic E-state index is 13.2. The lowest BCUT2D eigenvalue weighted by Crippen LogP contribution is -2.47. The van der Waals surface area contributed by atoms with Crippen LogP contribution < -0.4 is 5.01 Å². The Morgan fingerprint density at radius 2 is 1.82 bits per heavy atom. The van der Waals surface area contributed by atoms with Crippen molar-refractivity contribution in [2.24, 2.45) is 5.10 Å². The number of sulfone groups is 1. The number of carbonyl (C=O) groups is 1. The zero-order valence-corrected chi connectivity index (χ0v) is 16.4. The molecule has 146 valence electrons. The molecule has 0 N–H and O–H groups in total. The van der Waals surface area contributed by atoms with Gasteiger partial charge in [-0.1, -0.05) is 36.4 Å². The first-order valence-corrected chi connectivity index (χ1v) is 10.6. The Kier molecular flexibility index (Phi) is 4.91. The minimum Gasteiger partial charge on any atom is -0.378 e. The van der Waals surface area contributed by atoms with Gasteiger partial charge in [-0.05, 0) is 30.2 Å². The number of rotatable bonds is 3. The summed E-state index contributed by atoms with van der Waals surface area (Å²) < 4.78 is 31.6. The van der Waals surface area contributed by atoms with Crippen LogP contribution in [-0.2, 0) is 25.9 Å². The second kappa shape index (κ2) is 7.37. The average molecular weight is 399 g/mol. The minimum absolute atomic E-state index is 0.112. The number of hydrogen-bond donors (Lipinski definition) is 0. The molecule has 0 aliphatic carbocycles. The first-order chi connectivity index (χ1) is 13.5. The molecule has 0 spiro atoms. The molecule has 1 amide bonds. The van der Waals surface area contributed by atoms with E-state index in [1.54, 1.807) is 23.2 Å². The molecule has 2 aromatic carbocycles. The van der Waals surface area contributed by atoms with E-state index in [9.17, 15) is 13.2 Å². The van der Waals surface area contributed by atoms with Gasteiger partial charge in [0.2, 0.25) is 14.9 Å². The predicted molar refractivity (Wildman–Crippen MR) is 106 cm³/mol. The second-order valence-corrected chi connectivity index (χ2v) is 8.66. The summed E-state index contributed by atoms with van der Waals surface area (Å²) in [6.45, 7) is 3.75. The highest BCUT2D eigenvalue weighted by Gasteiger charge is 2.39. The van der Waals surface area contributed by atoms with E-state index >= 15 is 0 Å². The number of morpholine rings is 1. The van der Waals surface area contributed by atoms with E-state index in [1.165, 1.54) is 4.90 Å². The van der Waals surface area contributed by atoms with Crippen LogP contribution in [0, 0.1) is 6.92 Å². The Labute approximate surface area is 164 Å². The smallest absolute Gasteiger partial charge is 0.286 e. The fourth-order valence-corrected chi connectivity index (χ4v) is 4.77. The van der Waals surface area contributed by atoms with Crippen LogP contribution in [-0.4, -0.2) is 50.6 Å². The van der Waals surface area contributed by atoms with Crippen molar-refractivity contribution in [2.75, 3.05) is 31.3 Å². The van der Waals surface area contributed by atoms with Gasteiger partial charge in [0.1, 0.15) is 0 Å². The topological polar surface area (TPSA) is 79.3 Å². The van der Waals surface area contributed by atoms with Crippen molar-refractivity contribution in [3.05, 3.63) is 59.7 Å². The summed E-state index contributed by atoms with van der Waals surface area (Å²) >= 11 is 0. The van der Waals surface area contributed by atoms with E-state index in [-0.39, 0.29) is 4.90 Å². The number of benzene rings is 2. The van der Waals surface area contributed by atoms with Gasteiger partial charge in [-0.2, -0.15) is 5.10 Å². The van der Waals surface area contributed by atoms with Gasteiger partial charge in [-0.15, -0.1) is 0 Å². The fraction of sp³-hybridized carbons (Fsp3) is 0.300. The number of aryl methyl sites for hydroxylation is 1. The van der Waals surface area contributed by atoms with E-state index in [2.05, 4.69) is 5.10 Å². The third kappa shape index (κ3) is 3.41. The van der Waals surface area contributed by atoms with Gasteiger partial charge >= 0.3 is 0 Å². The number of fused-ring (bicyclic) bond motifs is 1. The van der Waals surface area contributed by atoms with Crippen molar-refractivity contribution in [2.45, 2.75) is 18.4 Å². The van der Waals surface area contributed by atoms with Crippen LogP contribution >= 0.6 is 0 Å². The number of ether oxygens (including phenoxy) is 1. The minimum atomic E-state index is -4.00. The molecule has 0 radical (unpaired) electrons. The summed E-state index contributed by atoms with van der Waals surface area (Å²) in [4.78, 5) is 14.6. The molecule has 8 heteroatoms. The van der Waals surface area contributed by atoms with Gasteiger partial charge in [0.15, 0.2) is 0 Å². The first kappa shape index (κ1) is 18.6. The number of anilines is 1. The van der Waals surface area contributed by atoms with Crippen molar-refractivity contribution < 1.29 is 17.9 Å². The van der Waals surface area contributed by atoms with Crippen LogP contribution in [0.2, 0.25) is 0 Å². The van der Waals surface area contributed by atoms with Crippen molar-refractivity contribution >= 4 is 26.5 Å². The third-order valence-electron chi connectivity index (χ3n) is 4.80. The van der Waals surface area contributed by atoms with Crippen LogP contribution in [0.4, 0.5) is 5.69 Å². The maximum absolute atomic E-state index is 13.2. The van der Waals surface area contributed by atoms with Crippen molar-refractivity contribution in [1.29, 1.82) is 0 Å². The molecular formula is C20H21N3O4S. The number of hydrogen-bond acceptors (Lipinski definition) is 6. The molecule has 2 aliphatic rings. The lowest BCUT2D eigenvalue weighted by atomic mass is 10.2. The van der Waals surface area contributed by atoms with Gasteiger partial charge in [-0.25, -0.2) is 8.42 Å². The standard InChI is InChI=1S/C20H21N3O4S/c1-15-7-8-18-17(13-15)23(14-16-5-3-2-4-6-16)21-19(28(18,25)26)20(24)22-9-11-27-12-10-22/h2-8,13H,9-12,14H2,1H3. The molecule has 1 fully saturated rings. The number of nitrogens with zero attached hydrogens (tertiary/aromatic N) is 3. The van der Waals surface area contributed by atoms with Crippen molar-refractivity contribution in [1.82, 2.24) is 4.90 Å². The van der Waals surface area contributed by atoms with Crippen LogP contribution in [0.3, 0.4) is 0 Å². The van der Waals surface area contributed by atoms with Crippen molar-refractivity contribution in [3.63, 3.8) is 0 Å². The zero-order valence-electron chi connectivity index (χ0n) is 15.5. The summed E-state index contributed by atoms with van der Waals surface area (Å²) in [5.41, 5.74) is 2.38. The van der Waals surface area contributed by atoms with Gasteiger partial charge in [0.05, 0.1) is 30.3 Å². The lowest BCUT2D eigenvalue weighted by molar-refractivity contribution is -0.127. The molecule has 4 rings (SSSR count). The Bertz CT molecular complexity index is 1030. The largest absolute Gasteiger partial charge is 0.378 e. The molecule has 0 bridgehead atoms. The Morgan fingerprint density at radius 3 is 2.54 bits per heavy atom. The second-order valence-electron chi connectivity index (χ2n) is 6.83. The van der Waals surface area contributed by atoms with E-state index in [4.69, 9.17) is 4.74 Å².